The number of carbonyl (C=O) groups excluding carboxylic acids is 1. The summed E-state index contributed by atoms with van der Waals surface area (Å²) in [6, 6.07) is 15.4. The number of benzene rings is 2. The van der Waals surface area contributed by atoms with Gasteiger partial charge in [0.15, 0.2) is 0 Å². The number of rotatable bonds is 9. The molecule has 0 spiro atoms. The number of likely N-dealkylation sites (tertiary alicyclic amines) is 1. The number of anilines is 1. The van der Waals surface area contributed by atoms with Crippen molar-refractivity contribution in [3.63, 3.8) is 0 Å². The molecule has 0 saturated carbocycles. The fourth-order valence-corrected chi connectivity index (χ4v) is 4.82. The molecule has 2 aromatic rings. The molecule has 0 radical (unpaired) electrons. The van der Waals surface area contributed by atoms with Crippen LogP contribution in [0, 0.1) is 0 Å². The van der Waals surface area contributed by atoms with Crippen molar-refractivity contribution < 1.29 is 13.2 Å². The Morgan fingerprint density at radius 1 is 1.10 bits per heavy atom. The lowest BCUT2D eigenvalue weighted by atomic mass is 10.1. The number of hydrogen-bond acceptors (Lipinski definition) is 5. The minimum atomic E-state index is -3.58. The molecule has 0 bridgehead atoms. The lowest BCUT2D eigenvalue weighted by Crippen LogP contribution is -2.40. The highest BCUT2D eigenvalue weighted by Crippen LogP contribution is 2.23. The van der Waals surface area contributed by atoms with Gasteiger partial charge in [-0.05, 0) is 61.5 Å². The van der Waals surface area contributed by atoms with E-state index in [1.807, 2.05) is 24.5 Å². The molecule has 1 fully saturated rings. The number of amides is 1. The van der Waals surface area contributed by atoms with E-state index >= 15 is 0 Å². The molecule has 1 N–H and O–H groups in total. The third-order valence-corrected chi connectivity index (χ3v) is 7.01. The second-order valence-corrected chi connectivity index (χ2v) is 10.3. The Morgan fingerprint density at radius 2 is 1.77 bits per heavy atom. The Morgan fingerprint density at radius 3 is 2.40 bits per heavy atom. The molecule has 3 rings (SSSR count). The topological polar surface area (TPSA) is 69.7 Å². The maximum Gasteiger partial charge on any atom is 0.241 e. The first-order valence-electron chi connectivity index (χ1n) is 10.0. The molecular formula is C22H29N3O3S2. The standard InChI is InChI=1S/C22H29N3O3S2/c1-29-21-7-5-6-20(14-21)25(30(2,27)28)17-22(26)23-15-18-8-10-19(11-9-18)16-24-12-3-4-13-24/h5-11,14H,3-4,12-13,15-17H2,1-2H3,(H,23,26). The zero-order valence-corrected chi connectivity index (χ0v) is 19.1. The van der Waals surface area contributed by atoms with Crippen LogP contribution in [0.25, 0.3) is 0 Å². The van der Waals surface area contributed by atoms with Gasteiger partial charge in [-0.2, -0.15) is 0 Å². The average molecular weight is 448 g/mol. The highest BCUT2D eigenvalue weighted by atomic mass is 32.2. The first-order valence-corrected chi connectivity index (χ1v) is 13.1. The SMILES string of the molecule is CSc1cccc(N(CC(=O)NCc2ccc(CN3CCCC3)cc2)S(C)(=O)=O)c1. The molecule has 0 aliphatic carbocycles. The number of thioether (sulfide) groups is 1. The monoisotopic (exact) mass is 447 g/mol. The highest BCUT2D eigenvalue weighted by Gasteiger charge is 2.21. The van der Waals surface area contributed by atoms with Crippen LogP contribution in [0.3, 0.4) is 0 Å². The minimum Gasteiger partial charge on any atom is -0.350 e. The Balaban J connectivity index is 1.57. The van der Waals surface area contributed by atoms with Crippen molar-refractivity contribution in [3.05, 3.63) is 59.7 Å². The molecule has 0 atom stereocenters. The van der Waals surface area contributed by atoms with Gasteiger partial charge in [0.1, 0.15) is 6.54 Å². The number of nitrogens with one attached hydrogen (secondary N) is 1. The molecule has 8 heteroatoms. The summed E-state index contributed by atoms with van der Waals surface area (Å²) in [5, 5.41) is 2.83. The van der Waals surface area contributed by atoms with Crippen LogP contribution in [0.2, 0.25) is 0 Å². The van der Waals surface area contributed by atoms with Gasteiger partial charge in [-0.25, -0.2) is 8.42 Å². The van der Waals surface area contributed by atoms with Crippen molar-refractivity contribution in [1.29, 1.82) is 0 Å². The molecule has 1 heterocycles. The van der Waals surface area contributed by atoms with E-state index in [1.54, 1.807) is 18.2 Å². The Bertz CT molecular complexity index is 956. The molecule has 0 aromatic heterocycles. The first-order chi connectivity index (χ1) is 14.3. The van der Waals surface area contributed by atoms with E-state index in [0.717, 1.165) is 40.7 Å². The van der Waals surface area contributed by atoms with Gasteiger partial charge in [-0.1, -0.05) is 30.3 Å². The lowest BCUT2D eigenvalue weighted by molar-refractivity contribution is -0.119. The maximum absolute atomic E-state index is 12.5. The fourth-order valence-electron chi connectivity index (χ4n) is 3.51. The molecule has 2 aromatic carbocycles. The fraction of sp³-hybridized carbons (Fsp3) is 0.409. The summed E-state index contributed by atoms with van der Waals surface area (Å²) in [6.07, 6.45) is 5.59. The molecule has 1 amide bonds. The van der Waals surface area contributed by atoms with Gasteiger partial charge in [0.25, 0.3) is 0 Å². The van der Waals surface area contributed by atoms with E-state index < -0.39 is 10.0 Å². The summed E-state index contributed by atoms with van der Waals surface area (Å²) in [6.45, 7) is 3.41. The highest BCUT2D eigenvalue weighted by molar-refractivity contribution is 7.98. The Hall–Kier alpha value is -2.03. The van der Waals surface area contributed by atoms with Gasteiger partial charge in [-0.3, -0.25) is 14.0 Å². The number of sulfonamides is 1. The third kappa shape index (κ3) is 6.48. The van der Waals surface area contributed by atoms with E-state index in [2.05, 4.69) is 22.3 Å². The maximum atomic E-state index is 12.5. The molecule has 1 saturated heterocycles. The van der Waals surface area contributed by atoms with E-state index in [9.17, 15) is 13.2 Å². The van der Waals surface area contributed by atoms with Crippen LogP contribution >= 0.6 is 11.8 Å². The van der Waals surface area contributed by atoms with Gasteiger partial charge in [0.05, 0.1) is 11.9 Å². The van der Waals surface area contributed by atoms with Crippen molar-refractivity contribution in [2.75, 3.05) is 36.5 Å². The second kappa shape index (κ2) is 10.3. The van der Waals surface area contributed by atoms with Crippen LogP contribution in [0.4, 0.5) is 5.69 Å². The first kappa shape index (κ1) is 22.7. The van der Waals surface area contributed by atoms with Gasteiger partial charge in [-0.15, -0.1) is 11.8 Å². The van der Waals surface area contributed by atoms with Crippen LogP contribution < -0.4 is 9.62 Å². The van der Waals surface area contributed by atoms with E-state index in [1.165, 1.54) is 30.2 Å². The lowest BCUT2D eigenvalue weighted by Gasteiger charge is -2.22. The van der Waals surface area contributed by atoms with Crippen LogP contribution in [0.15, 0.2) is 53.4 Å². The van der Waals surface area contributed by atoms with Crippen molar-refractivity contribution in [2.45, 2.75) is 30.8 Å². The van der Waals surface area contributed by atoms with Gasteiger partial charge < -0.3 is 5.32 Å². The zero-order chi connectivity index (χ0) is 21.6. The molecule has 0 unspecified atom stereocenters. The minimum absolute atomic E-state index is 0.246. The summed E-state index contributed by atoms with van der Waals surface area (Å²) in [4.78, 5) is 15.9. The summed E-state index contributed by atoms with van der Waals surface area (Å²) < 4.78 is 25.7. The zero-order valence-electron chi connectivity index (χ0n) is 17.5. The smallest absolute Gasteiger partial charge is 0.241 e. The van der Waals surface area contributed by atoms with E-state index in [0.29, 0.717) is 12.2 Å². The number of carbonyl (C=O) groups is 1. The normalized spacial score (nSPS) is 14.6. The van der Waals surface area contributed by atoms with Crippen LogP contribution in [-0.2, 0) is 27.9 Å². The van der Waals surface area contributed by atoms with Gasteiger partial charge in [0.2, 0.25) is 15.9 Å². The van der Waals surface area contributed by atoms with Gasteiger partial charge in [0, 0.05) is 18.0 Å². The van der Waals surface area contributed by atoms with Crippen molar-refractivity contribution >= 4 is 33.4 Å². The molecule has 1 aliphatic rings. The van der Waals surface area contributed by atoms with Crippen LogP contribution in [-0.4, -0.2) is 51.4 Å². The van der Waals surface area contributed by atoms with E-state index in [4.69, 9.17) is 0 Å². The molecule has 162 valence electrons. The molecule has 1 aliphatic heterocycles. The van der Waals surface area contributed by atoms with Crippen molar-refractivity contribution in [3.8, 4) is 0 Å². The van der Waals surface area contributed by atoms with Gasteiger partial charge >= 0.3 is 0 Å². The predicted octanol–water partition coefficient (Wildman–Crippen LogP) is 3.09. The van der Waals surface area contributed by atoms with Crippen LogP contribution in [0.1, 0.15) is 24.0 Å². The van der Waals surface area contributed by atoms with Crippen LogP contribution in [0.5, 0.6) is 0 Å². The number of nitrogens with zero attached hydrogens (tertiary/aromatic N) is 2. The Labute approximate surface area is 183 Å². The molecular weight excluding hydrogens is 418 g/mol. The van der Waals surface area contributed by atoms with Crippen molar-refractivity contribution in [1.82, 2.24) is 10.2 Å². The predicted molar refractivity (Wildman–Crippen MR) is 123 cm³/mol. The number of hydrogen-bond donors (Lipinski definition) is 1. The summed E-state index contributed by atoms with van der Waals surface area (Å²) >= 11 is 1.52. The second-order valence-electron chi connectivity index (χ2n) is 7.55. The summed E-state index contributed by atoms with van der Waals surface area (Å²) in [7, 11) is -3.58. The summed E-state index contributed by atoms with van der Waals surface area (Å²) in [5.74, 6) is -0.337. The summed E-state index contributed by atoms with van der Waals surface area (Å²) in [5.41, 5.74) is 2.75. The van der Waals surface area contributed by atoms with Crippen molar-refractivity contribution in [2.24, 2.45) is 0 Å². The third-order valence-electron chi connectivity index (χ3n) is 5.15. The molecule has 6 nitrogen and oxygen atoms in total. The Kier molecular flexibility index (Phi) is 7.80. The average Bonchev–Trinajstić information content (AvgIpc) is 3.24. The molecule has 30 heavy (non-hydrogen) atoms. The van der Waals surface area contributed by atoms with E-state index in [-0.39, 0.29) is 12.5 Å². The quantitative estimate of drug-likeness (QED) is 0.598. The largest absolute Gasteiger partial charge is 0.350 e.